The number of aromatic nitrogens is 2. The molecule has 0 unspecified atom stereocenters. The van der Waals surface area contributed by atoms with Crippen LogP contribution in [-0.2, 0) is 11.2 Å². The molecule has 0 saturated carbocycles. The predicted octanol–water partition coefficient (Wildman–Crippen LogP) is 3.50. The molecule has 1 saturated heterocycles. The van der Waals surface area contributed by atoms with Gasteiger partial charge >= 0.3 is 5.69 Å². The maximum atomic E-state index is 12.5. The average Bonchev–Trinajstić information content (AvgIpc) is 3.30. The molecule has 1 aromatic carbocycles. The normalized spacial score (nSPS) is 21.8. The topological polar surface area (TPSA) is 84.6 Å². The van der Waals surface area contributed by atoms with E-state index in [0.717, 1.165) is 22.2 Å². The minimum atomic E-state index is -0.790. The summed E-state index contributed by atoms with van der Waals surface area (Å²) in [5, 5.41) is 20.1. The van der Waals surface area contributed by atoms with Crippen molar-refractivity contribution in [2.45, 2.75) is 57.5 Å². The Balaban J connectivity index is 1.58. The molecule has 0 amide bonds. The van der Waals surface area contributed by atoms with E-state index in [1.54, 1.807) is 6.20 Å². The van der Waals surface area contributed by atoms with Gasteiger partial charge in [-0.3, -0.25) is 4.57 Å². The monoisotopic (exact) mass is 414 g/mol. The molecule has 2 N–H and O–H groups in total. The Morgan fingerprint density at radius 1 is 1.28 bits per heavy atom. The van der Waals surface area contributed by atoms with Crippen molar-refractivity contribution in [2.75, 3.05) is 6.61 Å². The zero-order valence-corrected chi connectivity index (χ0v) is 17.3. The van der Waals surface area contributed by atoms with Crippen LogP contribution in [0, 0.1) is 0 Å². The lowest BCUT2D eigenvalue weighted by Gasteiger charge is -2.14. The van der Waals surface area contributed by atoms with E-state index in [1.165, 1.54) is 40.7 Å². The van der Waals surface area contributed by atoms with Crippen molar-refractivity contribution in [1.29, 1.82) is 0 Å². The highest BCUT2D eigenvalue weighted by Gasteiger charge is 2.35. The minimum absolute atomic E-state index is 0.259. The number of aliphatic hydroxyl groups excluding tert-OH is 2. The largest absolute Gasteiger partial charge is 0.394 e. The van der Waals surface area contributed by atoms with Gasteiger partial charge in [0.2, 0.25) is 0 Å². The molecule has 6 nitrogen and oxygen atoms in total. The second-order valence-electron chi connectivity index (χ2n) is 7.57. The number of hydrogen-bond acceptors (Lipinski definition) is 6. The van der Waals surface area contributed by atoms with Gasteiger partial charge in [-0.2, -0.15) is 4.98 Å². The zero-order valence-electron chi connectivity index (χ0n) is 16.5. The summed E-state index contributed by atoms with van der Waals surface area (Å²) >= 11 is 1.49. The third-order valence-corrected chi connectivity index (χ3v) is 6.53. The highest BCUT2D eigenvalue weighted by Crippen LogP contribution is 2.33. The van der Waals surface area contributed by atoms with Crippen molar-refractivity contribution in [3.8, 4) is 10.4 Å². The molecule has 0 bridgehead atoms. The second kappa shape index (κ2) is 8.75. The lowest BCUT2D eigenvalue weighted by atomic mass is 10.0. The molecular weight excluding hydrogens is 388 g/mol. The van der Waals surface area contributed by atoms with Crippen molar-refractivity contribution in [3.63, 3.8) is 0 Å². The molecule has 3 heterocycles. The molecule has 7 heteroatoms. The molecule has 3 atom stereocenters. The maximum Gasteiger partial charge on any atom is 0.351 e. The van der Waals surface area contributed by atoms with Gasteiger partial charge in [-0.05, 0) is 30.0 Å². The molecule has 0 radical (unpaired) electrons. The summed E-state index contributed by atoms with van der Waals surface area (Å²) in [4.78, 5) is 18.4. The smallest absolute Gasteiger partial charge is 0.351 e. The molecule has 0 spiro atoms. The number of thiophene rings is 1. The number of rotatable bonds is 7. The second-order valence-corrected chi connectivity index (χ2v) is 8.60. The lowest BCUT2D eigenvalue weighted by molar-refractivity contribution is -0.0457. The van der Waals surface area contributed by atoms with E-state index in [4.69, 9.17) is 4.74 Å². The van der Waals surface area contributed by atoms with Crippen LogP contribution in [0.5, 0.6) is 0 Å². The number of benzene rings is 1. The van der Waals surface area contributed by atoms with Crippen molar-refractivity contribution in [1.82, 2.24) is 9.55 Å². The zero-order chi connectivity index (χ0) is 20.4. The fourth-order valence-corrected chi connectivity index (χ4v) is 4.74. The van der Waals surface area contributed by atoms with Crippen LogP contribution in [0.25, 0.3) is 20.7 Å². The summed E-state index contributed by atoms with van der Waals surface area (Å²) in [6, 6.07) is 10.6. The molecule has 1 aliphatic heterocycles. The molecule has 154 valence electrons. The van der Waals surface area contributed by atoms with Crippen LogP contribution >= 0.6 is 11.3 Å². The Kier molecular flexibility index (Phi) is 6.10. The number of aryl methyl sites for hydroxylation is 1. The van der Waals surface area contributed by atoms with Gasteiger partial charge in [-0.25, -0.2) is 4.79 Å². The fraction of sp³-hybridized carbons (Fsp3) is 0.455. The lowest BCUT2D eigenvalue weighted by Crippen LogP contribution is -2.27. The fourth-order valence-electron chi connectivity index (χ4n) is 3.74. The van der Waals surface area contributed by atoms with Gasteiger partial charge in [-0.15, -0.1) is 11.3 Å². The highest BCUT2D eigenvalue weighted by atomic mass is 32.1. The Morgan fingerprint density at radius 2 is 2.07 bits per heavy atom. The van der Waals surface area contributed by atoms with E-state index in [0.29, 0.717) is 4.83 Å². The molecular formula is C22H26N2O4S. The quantitative estimate of drug-likeness (QED) is 0.578. The third kappa shape index (κ3) is 4.28. The van der Waals surface area contributed by atoms with E-state index in [9.17, 15) is 15.0 Å². The van der Waals surface area contributed by atoms with Gasteiger partial charge in [0.1, 0.15) is 17.2 Å². The van der Waals surface area contributed by atoms with E-state index in [2.05, 4.69) is 36.2 Å². The van der Waals surface area contributed by atoms with Gasteiger partial charge in [0, 0.05) is 22.9 Å². The van der Waals surface area contributed by atoms with E-state index >= 15 is 0 Å². The van der Waals surface area contributed by atoms with E-state index < -0.39 is 24.1 Å². The van der Waals surface area contributed by atoms with Crippen molar-refractivity contribution in [2.24, 2.45) is 0 Å². The maximum absolute atomic E-state index is 12.5. The first-order valence-electron chi connectivity index (χ1n) is 10.2. The predicted molar refractivity (Wildman–Crippen MR) is 114 cm³/mol. The first-order chi connectivity index (χ1) is 14.1. The van der Waals surface area contributed by atoms with Crippen molar-refractivity contribution >= 4 is 21.6 Å². The summed E-state index contributed by atoms with van der Waals surface area (Å²) in [6.07, 6.45) is 4.71. The number of fused-ring (bicyclic) bond motifs is 1. The van der Waals surface area contributed by atoms with Crippen LogP contribution in [0.2, 0.25) is 0 Å². The Hall–Kier alpha value is -2.06. The van der Waals surface area contributed by atoms with Gasteiger partial charge < -0.3 is 14.9 Å². The molecule has 29 heavy (non-hydrogen) atoms. The van der Waals surface area contributed by atoms with Gasteiger partial charge in [0.05, 0.1) is 12.7 Å². The van der Waals surface area contributed by atoms with Crippen molar-refractivity contribution in [3.05, 3.63) is 52.6 Å². The van der Waals surface area contributed by atoms with E-state index in [-0.39, 0.29) is 13.0 Å². The average molecular weight is 415 g/mol. The summed E-state index contributed by atoms with van der Waals surface area (Å²) < 4.78 is 7.02. The molecule has 2 aromatic heterocycles. The number of ether oxygens (including phenoxy) is 1. The molecule has 4 rings (SSSR count). The first-order valence-corrected chi connectivity index (χ1v) is 11.0. The summed E-state index contributed by atoms with van der Waals surface area (Å²) in [5.74, 6) is 0. The first kappa shape index (κ1) is 20.2. The van der Waals surface area contributed by atoms with Crippen LogP contribution in [0.3, 0.4) is 0 Å². The molecule has 1 fully saturated rings. The molecule has 3 aromatic rings. The van der Waals surface area contributed by atoms with Crippen LogP contribution in [0.4, 0.5) is 0 Å². The third-order valence-electron chi connectivity index (χ3n) is 5.44. The van der Waals surface area contributed by atoms with E-state index in [1.807, 2.05) is 6.07 Å². The van der Waals surface area contributed by atoms with Crippen LogP contribution < -0.4 is 5.69 Å². The summed E-state index contributed by atoms with van der Waals surface area (Å²) in [6.45, 7) is 1.93. The molecule has 1 aliphatic rings. The Morgan fingerprint density at radius 3 is 2.76 bits per heavy atom. The Bertz CT molecular complexity index is 1030. The van der Waals surface area contributed by atoms with Crippen LogP contribution in [0.1, 0.15) is 44.4 Å². The van der Waals surface area contributed by atoms with Gasteiger partial charge in [-0.1, -0.05) is 44.0 Å². The van der Waals surface area contributed by atoms with Crippen molar-refractivity contribution < 1.29 is 14.9 Å². The number of unbranched alkanes of at least 4 members (excludes halogenated alkanes) is 2. The highest BCUT2D eigenvalue weighted by molar-refractivity contribution is 7.21. The summed E-state index contributed by atoms with van der Waals surface area (Å²) in [7, 11) is 0. The van der Waals surface area contributed by atoms with Crippen LogP contribution in [-0.4, -0.2) is 38.6 Å². The number of hydrogen-bond donors (Lipinski definition) is 2. The van der Waals surface area contributed by atoms with Gasteiger partial charge in [0.15, 0.2) is 0 Å². The number of nitrogens with zero attached hydrogens (tertiary/aromatic N) is 2. The molecule has 0 aliphatic carbocycles. The van der Waals surface area contributed by atoms with Crippen LogP contribution in [0.15, 0.2) is 41.3 Å². The number of aliphatic hydroxyl groups is 2. The minimum Gasteiger partial charge on any atom is -0.394 e. The van der Waals surface area contributed by atoms with Gasteiger partial charge in [0.25, 0.3) is 0 Å². The SMILES string of the molecule is CCCCCc1ccc(-c2cc3cn([C@H]4C[C@H](O)[C@@H](CO)O4)c(=O)nc3s2)cc1. The Labute approximate surface area is 173 Å². The summed E-state index contributed by atoms with van der Waals surface area (Å²) in [5.41, 5.74) is 2.04. The standard InChI is InChI=1S/C22H26N2O4S/c1-2-3-4-5-14-6-8-15(9-7-14)19-10-16-12-24(22(27)23-21(16)29-19)20-11-17(26)18(13-25)28-20/h6-10,12,17-18,20,25-26H,2-5,11,13H2,1H3/t17-,18+,20+/m0/s1.